The van der Waals surface area contributed by atoms with Crippen molar-refractivity contribution in [2.45, 2.75) is 13.0 Å². The van der Waals surface area contributed by atoms with Crippen LogP contribution in [0.4, 0.5) is 5.82 Å². The SMILES string of the molecule is CC(Nc1cc(=O)[nH]cn1)C(=O)O. The number of anilines is 1. The topological polar surface area (TPSA) is 95.1 Å². The third kappa shape index (κ3) is 2.58. The van der Waals surface area contributed by atoms with E-state index in [0.717, 1.165) is 0 Å². The fourth-order valence-electron chi connectivity index (χ4n) is 0.731. The molecule has 1 rings (SSSR count). The van der Waals surface area contributed by atoms with Gasteiger partial charge in [0.15, 0.2) is 0 Å². The highest BCUT2D eigenvalue weighted by molar-refractivity contribution is 5.76. The molecule has 13 heavy (non-hydrogen) atoms. The maximum absolute atomic E-state index is 10.8. The van der Waals surface area contributed by atoms with E-state index in [1.165, 1.54) is 19.3 Å². The Labute approximate surface area is 73.6 Å². The number of aliphatic carboxylic acids is 1. The van der Waals surface area contributed by atoms with Crippen LogP contribution in [0.3, 0.4) is 0 Å². The maximum atomic E-state index is 10.8. The molecule has 1 atom stereocenters. The highest BCUT2D eigenvalue weighted by Gasteiger charge is 2.10. The van der Waals surface area contributed by atoms with Crippen LogP contribution in [0, 0.1) is 0 Å². The van der Waals surface area contributed by atoms with Gasteiger partial charge >= 0.3 is 5.97 Å². The van der Waals surface area contributed by atoms with Gasteiger partial charge in [0.25, 0.3) is 5.56 Å². The number of nitrogens with zero attached hydrogens (tertiary/aromatic N) is 1. The van der Waals surface area contributed by atoms with E-state index in [1.807, 2.05) is 0 Å². The van der Waals surface area contributed by atoms with Gasteiger partial charge in [0.2, 0.25) is 0 Å². The molecule has 0 saturated heterocycles. The summed E-state index contributed by atoms with van der Waals surface area (Å²) in [5, 5.41) is 11.1. The van der Waals surface area contributed by atoms with Crippen molar-refractivity contribution in [1.29, 1.82) is 0 Å². The minimum atomic E-state index is -0.998. The quantitative estimate of drug-likeness (QED) is 0.595. The molecule has 0 fully saturated rings. The summed E-state index contributed by atoms with van der Waals surface area (Å²) < 4.78 is 0. The van der Waals surface area contributed by atoms with Crippen LogP contribution in [0.1, 0.15) is 6.92 Å². The lowest BCUT2D eigenvalue weighted by Gasteiger charge is -2.08. The molecule has 0 saturated carbocycles. The smallest absolute Gasteiger partial charge is 0.325 e. The second kappa shape index (κ2) is 3.70. The summed E-state index contributed by atoms with van der Waals surface area (Å²) >= 11 is 0. The molecule has 0 spiro atoms. The van der Waals surface area contributed by atoms with Crippen molar-refractivity contribution in [2.75, 3.05) is 5.32 Å². The van der Waals surface area contributed by atoms with Gasteiger partial charge in [-0.1, -0.05) is 0 Å². The van der Waals surface area contributed by atoms with Crippen molar-refractivity contribution in [1.82, 2.24) is 9.97 Å². The van der Waals surface area contributed by atoms with E-state index in [1.54, 1.807) is 0 Å². The third-order valence-electron chi connectivity index (χ3n) is 1.41. The minimum Gasteiger partial charge on any atom is -0.480 e. The van der Waals surface area contributed by atoms with Gasteiger partial charge in [0.1, 0.15) is 11.9 Å². The first-order valence-electron chi connectivity index (χ1n) is 3.63. The number of hydrogen-bond donors (Lipinski definition) is 3. The number of rotatable bonds is 3. The number of hydrogen-bond acceptors (Lipinski definition) is 4. The minimum absolute atomic E-state index is 0.249. The van der Waals surface area contributed by atoms with E-state index in [9.17, 15) is 9.59 Å². The number of H-pyrrole nitrogens is 1. The molecule has 6 nitrogen and oxygen atoms in total. The average Bonchev–Trinajstić information content (AvgIpc) is 2.04. The van der Waals surface area contributed by atoms with Crippen molar-refractivity contribution in [3.63, 3.8) is 0 Å². The Hall–Kier alpha value is -1.85. The van der Waals surface area contributed by atoms with E-state index in [0.29, 0.717) is 0 Å². The molecule has 1 aromatic rings. The predicted molar refractivity (Wildman–Crippen MR) is 45.6 cm³/mol. The molecule has 0 amide bonds. The van der Waals surface area contributed by atoms with E-state index in [4.69, 9.17) is 5.11 Å². The van der Waals surface area contributed by atoms with Crippen molar-refractivity contribution >= 4 is 11.8 Å². The van der Waals surface area contributed by atoms with Crippen LogP contribution in [-0.2, 0) is 4.79 Å². The lowest BCUT2D eigenvalue weighted by Crippen LogP contribution is -2.26. The number of nitrogens with one attached hydrogen (secondary N) is 2. The van der Waals surface area contributed by atoms with E-state index >= 15 is 0 Å². The highest BCUT2D eigenvalue weighted by Crippen LogP contribution is 1.98. The van der Waals surface area contributed by atoms with Crippen LogP contribution in [0.25, 0.3) is 0 Å². The zero-order valence-electron chi connectivity index (χ0n) is 6.94. The summed E-state index contributed by atoms with van der Waals surface area (Å²) in [7, 11) is 0. The first-order valence-corrected chi connectivity index (χ1v) is 3.63. The summed E-state index contributed by atoms with van der Waals surface area (Å²) in [6.07, 6.45) is 1.21. The molecular formula is C7H9N3O3. The first kappa shape index (κ1) is 9.24. The van der Waals surface area contributed by atoms with Gasteiger partial charge in [0.05, 0.1) is 6.33 Å². The van der Waals surface area contributed by atoms with Gasteiger partial charge in [-0.2, -0.15) is 0 Å². The van der Waals surface area contributed by atoms with Gasteiger partial charge in [-0.25, -0.2) is 4.98 Å². The Balaban J connectivity index is 2.75. The number of carbonyl (C=O) groups is 1. The Morgan fingerprint density at radius 3 is 3.00 bits per heavy atom. The summed E-state index contributed by atoms with van der Waals surface area (Å²) in [5.41, 5.74) is -0.324. The van der Waals surface area contributed by atoms with Crippen LogP contribution < -0.4 is 10.9 Å². The summed E-state index contributed by atoms with van der Waals surface area (Å²) in [6, 6.07) is 0.425. The number of carboxylic acids is 1. The second-order valence-electron chi connectivity index (χ2n) is 2.50. The largest absolute Gasteiger partial charge is 0.480 e. The molecule has 0 bridgehead atoms. The molecule has 1 aromatic heterocycles. The van der Waals surface area contributed by atoms with Crippen LogP contribution in [0.15, 0.2) is 17.2 Å². The van der Waals surface area contributed by atoms with E-state index < -0.39 is 12.0 Å². The molecule has 1 heterocycles. The van der Waals surface area contributed by atoms with Crippen molar-refractivity contribution in [3.05, 3.63) is 22.7 Å². The van der Waals surface area contributed by atoms with Gasteiger partial charge < -0.3 is 15.4 Å². The van der Waals surface area contributed by atoms with Crippen LogP contribution in [0.5, 0.6) is 0 Å². The molecule has 70 valence electrons. The molecule has 0 aliphatic rings. The maximum Gasteiger partial charge on any atom is 0.325 e. The summed E-state index contributed by atoms with van der Waals surface area (Å²) in [5.74, 6) is -0.749. The van der Waals surface area contributed by atoms with Crippen molar-refractivity contribution in [2.24, 2.45) is 0 Å². The average molecular weight is 183 g/mol. The molecule has 0 aromatic carbocycles. The lowest BCUT2D eigenvalue weighted by molar-refractivity contribution is -0.137. The molecule has 1 unspecified atom stereocenters. The number of aromatic amines is 1. The van der Waals surface area contributed by atoms with Crippen molar-refractivity contribution in [3.8, 4) is 0 Å². The van der Waals surface area contributed by atoms with Crippen LogP contribution in [0.2, 0.25) is 0 Å². The molecule has 3 N–H and O–H groups in total. The van der Waals surface area contributed by atoms with Gasteiger partial charge in [-0.05, 0) is 6.92 Å². The standard InChI is InChI=1S/C7H9N3O3/c1-4(7(12)13)10-5-2-6(11)9-3-8-5/h2-4H,1H3,(H,12,13)(H2,8,9,10,11). The Bertz CT molecular complexity index is 360. The predicted octanol–water partition coefficient (Wildman–Crippen LogP) is -0.345. The Morgan fingerprint density at radius 1 is 1.77 bits per heavy atom. The van der Waals surface area contributed by atoms with E-state index in [2.05, 4.69) is 15.3 Å². The van der Waals surface area contributed by atoms with Crippen molar-refractivity contribution < 1.29 is 9.90 Å². The van der Waals surface area contributed by atoms with Crippen LogP contribution in [-0.4, -0.2) is 27.1 Å². The lowest BCUT2D eigenvalue weighted by atomic mass is 10.3. The van der Waals surface area contributed by atoms with Gasteiger partial charge in [-0.3, -0.25) is 9.59 Å². The first-order chi connectivity index (χ1) is 6.09. The fraction of sp³-hybridized carbons (Fsp3) is 0.286. The normalized spacial score (nSPS) is 12.1. The summed E-state index contributed by atoms with van der Waals surface area (Å²) in [6.45, 7) is 1.46. The van der Waals surface area contributed by atoms with Gasteiger partial charge in [-0.15, -0.1) is 0 Å². The van der Waals surface area contributed by atoms with Gasteiger partial charge in [0, 0.05) is 6.07 Å². The molecule has 6 heteroatoms. The molecule has 0 aliphatic heterocycles. The van der Waals surface area contributed by atoms with E-state index in [-0.39, 0.29) is 11.4 Å². The summed E-state index contributed by atoms with van der Waals surface area (Å²) in [4.78, 5) is 27.2. The number of carboxylic acid groups (broad SMARTS) is 1. The zero-order chi connectivity index (χ0) is 9.84. The zero-order valence-corrected chi connectivity index (χ0v) is 6.94. The third-order valence-corrected chi connectivity index (χ3v) is 1.41. The Morgan fingerprint density at radius 2 is 2.46 bits per heavy atom. The number of aromatic nitrogens is 2. The van der Waals surface area contributed by atoms with Crippen LogP contribution >= 0.6 is 0 Å². The molecule has 0 aliphatic carbocycles. The Kier molecular flexibility index (Phi) is 2.63. The monoisotopic (exact) mass is 183 g/mol. The molecule has 0 radical (unpaired) electrons. The highest BCUT2D eigenvalue weighted by atomic mass is 16.4. The second-order valence-corrected chi connectivity index (χ2v) is 2.50. The molecular weight excluding hydrogens is 174 g/mol. The fourth-order valence-corrected chi connectivity index (χ4v) is 0.731.